The van der Waals surface area contributed by atoms with Crippen molar-refractivity contribution in [2.24, 2.45) is 0 Å². The predicted octanol–water partition coefficient (Wildman–Crippen LogP) is 3.15. The van der Waals surface area contributed by atoms with Crippen molar-refractivity contribution >= 4 is 34.3 Å². The number of benzene rings is 1. The Kier molecular flexibility index (Phi) is 5.83. The maximum absolute atomic E-state index is 13.4. The number of aromatic nitrogens is 7. The molecule has 0 aliphatic carbocycles. The lowest BCUT2D eigenvalue weighted by Crippen LogP contribution is -2.45. The summed E-state index contributed by atoms with van der Waals surface area (Å²) >= 11 is 0. The van der Waals surface area contributed by atoms with Gasteiger partial charge < -0.3 is 19.9 Å². The van der Waals surface area contributed by atoms with Gasteiger partial charge in [-0.3, -0.25) is 9.89 Å². The summed E-state index contributed by atoms with van der Waals surface area (Å²) < 4.78 is 7.53. The lowest BCUT2D eigenvalue weighted by molar-refractivity contribution is -0.113. The van der Waals surface area contributed by atoms with Crippen molar-refractivity contribution in [1.29, 1.82) is 0 Å². The van der Waals surface area contributed by atoms with Gasteiger partial charge >= 0.3 is 0 Å². The van der Waals surface area contributed by atoms with Crippen LogP contribution in [0.1, 0.15) is 33.7 Å². The van der Waals surface area contributed by atoms with Gasteiger partial charge in [0.15, 0.2) is 0 Å². The first-order valence-corrected chi connectivity index (χ1v) is 12.7. The zero-order valence-corrected chi connectivity index (χ0v) is 22.0. The molecule has 1 aromatic carbocycles. The number of aromatic amines is 1. The number of amides is 1. The number of H-pyrrole nitrogens is 1. The second-order valence-electron chi connectivity index (χ2n) is 10.0. The van der Waals surface area contributed by atoms with E-state index in [-0.39, 0.29) is 24.2 Å². The maximum Gasteiger partial charge on any atom is 0.255 e. The second-order valence-corrected chi connectivity index (χ2v) is 10.0. The van der Waals surface area contributed by atoms with Gasteiger partial charge in [0.05, 0.1) is 29.3 Å². The summed E-state index contributed by atoms with van der Waals surface area (Å²) in [5, 5.41) is 23.6. The number of pyridine rings is 1. The number of allylic oxidation sites excluding steroid dienone is 1. The molecule has 3 aromatic heterocycles. The largest absolute Gasteiger partial charge is 0.372 e. The highest BCUT2D eigenvalue weighted by molar-refractivity contribution is 6.07. The highest BCUT2D eigenvalue weighted by atomic mass is 16.5. The minimum atomic E-state index is -0.301. The number of anilines is 3. The van der Waals surface area contributed by atoms with Crippen LogP contribution in [-0.4, -0.2) is 73.6 Å². The Bertz CT molecular complexity index is 1550. The molecule has 2 aliphatic rings. The lowest BCUT2D eigenvalue weighted by Gasteiger charge is -2.36. The smallest absolute Gasteiger partial charge is 0.255 e. The van der Waals surface area contributed by atoms with E-state index in [0.717, 1.165) is 46.8 Å². The molecule has 1 fully saturated rings. The minimum Gasteiger partial charge on any atom is -0.372 e. The van der Waals surface area contributed by atoms with Crippen LogP contribution < -0.4 is 15.1 Å². The molecule has 1 amide bonds. The van der Waals surface area contributed by atoms with Gasteiger partial charge in [0.1, 0.15) is 11.5 Å². The Morgan fingerprint density at radius 2 is 1.92 bits per heavy atom. The van der Waals surface area contributed by atoms with Crippen LogP contribution in [0.25, 0.3) is 22.2 Å². The van der Waals surface area contributed by atoms with E-state index in [4.69, 9.17) is 4.74 Å². The van der Waals surface area contributed by atoms with Gasteiger partial charge in [-0.2, -0.15) is 5.10 Å². The number of nitrogens with one attached hydrogen (secondary N) is 2. The molecule has 2 aliphatic heterocycles. The fourth-order valence-electron chi connectivity index (χ4n) is 5.38. The monoisotopic (exact) mass is 514 g/mol. The van der Waals surface area contributed by atoms with Crippen molar-refractivity contribution in [3.63, 3.8) is 0 Å². The Balaban J connectivity index is 1.29. The Labute approximate surface area is 219 Å². The van der Waals surface area contributed by atoms with Crippen molar-refractivity contribution in [2.75, 3.05) is 35.3 Å². The molecule has 2 N–H and O–H groups in total. The predicted molar refractivity (Wildman–Crippen MR) is 144 cm³/mol. The van der Waals surface area contributed by atoms with E-state index < -0.39 is 0 Å². The molecule has 5 heterocycles. The number of nitrogens with zero attached hydrogens (tertiary/aromatic N) is 8. The number of rotatable bonds is 4. The summed E-state index contributed by atoms with van der Waals surface area (Å²) in [6.07, 6.45) is 2.09. The standard InChI is InChI=1S/C26H30N10O2/c1-14-12-35(13-15(2)38-14)22-10-18(8-9-27-22)24-20-11-19(6-7-21(20)29-30-24)28-25(37)23-16(3)34(5)26-31-32-33-36(26)17(23)4/h6-11,14-15,17H,12-13H2,1-5H3,(H,28,37)(H,29,30)/t14?,15?,17-/m1/s1. The van der Waals surface area contributed by atoms with Crippen LogP contribution in [0.3, 0.4) is 0 Å². The molecular weight excluding hydrogens is 484 g/mol. The number of carbonyl (C=O) groups is 1. The molecule has 0 bridgehead atoms. The van der Waals surface area contributed by atoms with Crippen molar-refractivity contribution in [2.45, 2.75) is 45.9 Å². The van der Waals surface area contributed by atoms with Crippen molar-refractivity contribution in [3.05, 3.63) is 47.8 Å². The number of ether oxygens (including phenoxy) is 1. The van der Waals surface area contributed by atoms with E-state index in [1.54, 1.807) is 4.68 Å². The van der Waals surface area contributed by atoms with E-state index >= 15 is 0 Å². The first-order valence-electron chi connectivity index (χ1n) is 12.7. The maximum atomic E-state index is 13.4. The molecule has 6 rings (SSSR count). The minimum absolute atomic E-state index is 0.138. The molecule has 12 nitrogen and oxygen atoms in total. The fourth-order valence-corrected chi connectivity index (χ4v) is 5.38. The van der Waals surface area contributed by atoms with Crippen LogP contribution in [0.2, 0.25) is 0 Å². The Hall–Kier alpha value is -4.32. The topological polar surface area (TPSA) is 130 Å². The average molecular weight is 515 g/mol. The number of carbonyl (C=O) groups excluding carboxylic acids is 1. The SMILES string of the molecule is CC1=C(C(=O)Nc2ccc3[nH]nc(-c4ccnc(N5CC(C)OC(C)C5)c4)c3c2)[C@@H](C)n2nnnc2N1C. The highest BCUT2D eigenvalue weighted by Crippen LogP contribution is 2.34. The van der Waals surface area contributed by atoms with Gasteiger partial charge in [-0.1, -0.05) is 5.10 Å². The van der Waals surface area contributed by atoms with Gasteiger partial charge in [-0.15, -0.1) is 0 Å². The van der Waals surface area contributed by atoms with Crippen molar-refractivity contribution < 1.29 is 9.53 Å². The summed E-state index contributed by atoms with van der Waals surface area (Å²) in [5.74, 6) is 1.30. The fraction of sp³-hybridized carbons (Fsp3) is 0.385. The quantitative estimate of drug-likeness (QED) is 0.422. The number of fused-ring (bicyclic) bond motifs is 2. The molecule has 0 saturated carbocycles. The van der Waals surface area contributed by atoms with Crippen LogP contribution in [0, 0.1) is 0 Å². The molecule has 0 radical (unpaired) electrons. The molecule has 0 spiro atoms. The molecule has 38 heavy (non-hydrogen) atoms. The van der Waals surface area contributed by atoms with E-state index in [1.165, 1.54) is 0 Å². The van der Waals surface area contributed by atoms with Gasteiger partial charge in [-0.05, 0) is 68.5 Å². The highest BCUT2D eigenvalue weighted by Gasteiger charge is 2.32. The number of tetrazole rings is 1. The summed E-state index contributed by atoms with van der Waals surface area (Å²) in [7, 11) is 1.85. The van der Waals surface area contributed by atoms with E-state index in [1.807, 2.05) is 56.3 Å². The van der Waals surface area contributed by atoms with Gasteiger partial charge in [-0.25, -0.2) is 9.67 Å². The Morgan fingerprint density at radius 3 is 2.71 bits per heavy atom. The third-order valence-electron chi connectivity index (χ3n) is 7.28. The van der Waals surface area contributed by atoms with Crippen LogP contribution in [0.15, 0.2) is 47.8 Å². The third-order valence-corrected chi connectivity index (χ3v) is 7.28. The number of hydrogen-bond donors (Lipinski definition) is 2. The third kappa shape index (κ3) is 4.06. The van der Waals surface area contributed by atoms with Crippen molar-refractivity contribution in [1.82, 2.24) is 35.4 Å². The normalized spacial score (nSPS) is 21.7. The molecular formula is C26H30N10O2. The summed E-state index contributed by atoms with van der Waals surface area (Å²) in [5.41, 5.74) is 4.71. The first kappa shape index (κ1) is 24.0. The number of hydrogen-bond acceptors (Lipinski definition) is 9. The van der Waals surface area contributed by atoms with Crippen LogP contribution in [0.4, 0.5) is 17.5 Å². The second kappa shape index (κ2) is 9.21. The average Bonchev–Trinajstić information content (AvgIpc) is 3.55. The number of morpholine rings is 1. The molecule has 4 aromatic rings. The molecule has 12 heteroatoms. The zero-order valence-electron chi connectivity index (χ0n) is 22.0. The van der Waals surface area contributed by atoms with E-state index in [2.05, 4.69) is 60.8 Å². The molecule has 1 saturated heterocycles. The Morgan fingerprint density at radius 1 is 1.13 bits per heavy atom. The van der Waals surface area contributed by atoms with Crippen LogP contribution in [0.5, 0.6) is 0 Å². The lowest BCUT2D eigenvalue weighted by atomic mass is 10.0. The first-order chi connectivity index (χ1) is 18.3. The van der Waals surface area contributed by atoms with Crippen LogP contribution >= 0.6 is 0 Å². The summed E-state index contributed by atoms with van der Waals surface area (Å²) in [6, 6.07) is 9.45. The van der Waals surface area contributed by atoms with Gasteiger partial charge in [0, 0.05) is 48.7 Å². The molecule has 2 unspecified atom stereocenters. The summed E-state index contributed by atoms with van der Waals surface area (Å²) in [4.78, 5) is 22.1. The molecule has 196 valence electrons. The van der Waals surface area contributed by atoms with Crippen LogP contribution in [-0.2, 0) is 9.53 Å². The van der Waals surface area contributed by atoms with Gasteiger partial charge in [0.2, 0.25) is 5.95 Å². The van der Waals surface area contributed by atoms with Crippen molar-refractivity contribution in [3.8, 4) is 11.3 Å². The zero-order chi connectivity index (χ0) is 26.6. The van der Waals surface area contributed by atoms with E-state index in [9.17, 15) is 4.79 Å². The molecule has 3 atom stereocenters. The summed E-state index contributed by atoms with van der Waals surface area (Å²) in [6.45, 7) is 9.54. The van der Waals surface area contributed by atoms with Gasteiger partial charge in [0.25, 0.3) is 5.91 Å². The van der Waals surface area contributed by atoms with E-state index in [0.29, 0.717) is 17.2 Å².